The third-order valence-corrected chi connectivity index (χ3v) is 5.45. The lowest BCUT2D eigenvalue weighted by Crippen LogP contribution is -2.47. The van der Waals surface area contributed by atoms with Gasteiger partial charge < -0.3 is 14.8 Å². The maximum absolute atomic E-state index is 12.7. The van der Waals surface area contributed by atoms with Gasteiger partial charge in [-0.1, -0.05) is 42.5 Å². The molecule has 0 bridgehead atoms. The van der Waals surface area contributed by atoms with Gasteiger partial charge in [0.2, 0.25) is 0 Å². The van der Waals surface area contributed by atoms with Crippen molar-refractivity contribution in [2.75, 3.05) is 19.8 Å². The molecule has 0 aliphatic carbocycles. The highest BCUT2D eigenvalue weighted by Gasteiger charge is 2.35. The lowest BCUT2D eigenvalue weighted by Gasteiger charge is -2.38. The average molecular weight is 367 g/mol. The molecule has 1 heterocycles. The summed E-state index contributed by atoms with van der Waals surface area (Å²) < 4.78 is 11.5. The van der Waals surface area contributed by atoms with Crippen LogP contribution in [-0.4, -0.2) is 31.8 Å². The van der Waals surface area contributed by atoms with Crippen molar-refractivity contribution in [2.45, 2.75) is 45.1 Å². The Balaban J connectivity index is 1.66. The summed E-state index contributed by atoms with van der Waals surface area (Å²) in [5.74, 6) is 0.680. The molecule has 0 aromatic heterocycles. The zero-order valence-electron chi connectivity index (χ0n) is 16.5. The number of hydrogen-bond donors (Lipinski definition) is 1. The Morgan fingerprint density at radius 1 is 1.15 bits per heavy atom. The van der Waals surface area contributed by atoms with Crippen molar-refractivity contribution in [3.8, 4) is 5.75 Å². The van der Waals surface area contributed by atoms with Crippen molar-refractivity contribution in [2.24, 2.45) is 0 Å². The summed E-state index contributed by atoms with van der Waals surface area (Å²) in [6.07, 6.45) is 1.27. The van der Waals surface area contributed by atoms with Crippen LogP contribution in [0.4, 0.5) is 0 Å². The summed E-state index contributed by atoms with van der Waals surface area (Å²) in [6.45, 7) is 7.85. The molecular formula is C23H29NO3. The Morgan fingerprint density at radius 3 is 2.56 bits per heavy atom. The van der Waals surface area contributed by atoms with Crippen LogP contribution in [0.25, 0.3) is 0 Å². The largest absolute Gasteiger partial charge is 0.481 e. The lowest BCUT2D eigenvalue weighted by atomic mass is 9.74. The summed E-state index contributed by atoms with van der Waals surface area (Å²) >= 11 is 0. The van der Waals surface area contributed by atoms with E-state index in [-0.39, 0.29) is 11.3 Å². The van der Waals surface area contributed by atoms with Crippen molar-refractivity contribution in [1.82, 2.24) is 5.32 Å². The first-order valence-electron chi connectivity index (χ1n) is 9.65. The molecule has 0 saturated carbocycles. The second-order valence-corrected chi connectivity index (χ2v) is 7.51. The van der Waals surface area contributed by atoms with Crippen LogP contribution in [0.15, 0.2) is 48.5 Å². The van der Waals surface area contributed by atoms with Crippen LogP contribution in [0.2, 0.25) is 0 Å². The predicted molar refractivity (Wildman–Crippen MR) is 107 cm³/mol. The van der Waals surface area contributed by atoms with Crippen LogP contribution < -0.4 is 10.1 Å². The number of rotatable bonds is 6. The van der Waals surface area contributed by atoms with Crippen molar-refractivity contribution in [3.63, 3.8) is 0 Å². The molecule has 2 aromatic carbocycles. The molecule has 0 unspecified atom stereocenters. The number of carbonyl (C=O) groups excluding carboxylic acids is 1. The van der Waals surface area contributed by atoms with E-state index in [2.05, 4.69) is 29.6 Å². The Kier molecular flexibility index (Phi) is 6.17. The number of aryl methyl sites for hydroxylation is 2. The highest BCUT2D eigenvalue weighted by atomic mass is 16.5. The van der Waals surface area contributed by atoms with Crippen molar-refractivity contribution < 1.29 is 14.3 Å². The fourth-order valence-corrected chi connectivity index (χ4v) is 3.60. The number of amides is 1. The summed E-state index contributed by atoms with van der Waals surface area (Å²) in [5, 5.41) is 3.13. The van der Waals surface area contributed by atoms with Gasteiger partial charge in [0.1, 0.15) is 5.75 Å². The summed E-state index contributed by atoms with van der Waals surface area (Å²) in [6, 6.07) is 16.5. The van der Waals surface area contributed by atoms with E-state index >= 15 is 0 Å². The molecule has 1 saturated heterocycles. The molecule has 3 rings (SSSR count). The summed E-state index contributed by atoms with van der Waals surface area (Å²) in [4.78, 5) is 12.7. The summed E-state index contributed by atoms with van der Waals surface area (Å²) in [5.41, 5.74) is 3.34. The maximum atomic E-state index is 12.7. The number of benzene rings is 2. The van der Waals surface area contributed by atoms with Crippen molar-refractivity contribution >= 4 is 5.91 Å². The number of ether oxygens (including phenoxy) is 2. The van der Waals surface area contributed by atoms with Gasteiger partial charge in [0.25, 0.3) is 5.91 Å². The normalized spacial score (nSPS) is 17.1. The van der Waals surface area contributed by atoms with Crippen LogP contribution in [0.1, 0.15) is 36.5 Å². The first-order chi connectivity index (χ1) is 13.0. The van der Waals surface area contributed by atoms with E-state index in [1.54, 1.807) is 6.92 Å². The zero-order valence-corrected chi connectivity index (χ0v) is 16.5. The van der Waals surface area contributed by atoms with E-state index in [0.29, 0.717) is 6.54 Å². The molecule has 4 nitrogen and oxygen atoms in total. The van der Waals surface area contributed by atoms with Gasteiger partial charge in [-0.3, -0.25) is 4.79 Å². The minimum Gasteiger partial charge on any atom is -0.481 e. The number of hydrogen-bond acceptors (Lipinski definition) is 3. The molecule has 1 fully saturated rings. The zero-order chi connectivity index (χ0) is 19.3. The van der Waals surface area contributed by atoms with Crippen LogP contribution in [0.3, 0.4) is 0 Å². The van der Waals surface area contributed by atoms with Crippen LogP contribution in [0, 0.1) is 13.8 Å². The van der Waals surface area contributed by atoms with Gasteiger partial charge in [-0.15, -0.1) is 0 Å². The third kappa shape index (κ3) is 4.69. The first kappa shape index (κ1) is 19.4. The molecule has 1 aliphatic rings. The Labute approximate surface area is 161 Å². The standard InChI is InChI=1S/C23H29NO3/c1-17-9-10-18(2)21(15-17)27-19(3)22(25)24-16-23(11-13-26-14-12-23)20-7-5-4-6-8-20/h4-10,15,19H,11-14,16H2,1-3H3,(H,24,25)/t19-/m1/s1. The van der Waals surface area contributed by atoms with E-state index in [1.807, 2.05) is 38.1 Å². The minimum atomic E-state index is -0.543. The molecule has 1 atom stereocenters. The highest BCUT2D eigenvalue weighted by Crippen LogP contribution is 2.34. The average Bonchev–Trinajstić information content (AvgIpc) is 2.70. The van der Waals surface area contributed by atoms with Crippen molar-refractivity contribution in [1.29, 1.82) is 0 Å². The molecule has 1 amide bonds. The quantitative estimate of drug-likeness (QED) is 0.841. The lowest BCUT2D eigenvalue weighted by molar-refractivity contribution is -0.127. The summed E-state index contributed by atoms with van der Waals surface area (Å²) in [7, 11) is 0. The molecule has 2 aromatic rings. The van der Waals surface area contributed by atoms with E-state index < -0.39 is 6.10 Å². The van der Waals surface area contributed by atoms with E-state index in [1.165, 1.54) is 5.56 Å². The number of carbonyl (C=O) groups is 1. The Hall–Kier alpha value is -2.33. The maximum Gasteiger partial charge on any atom is 0.260 e. The second-order valence-electron chi connectivity index (χ2n) is 7.51. The molecule has 0 spiro atoms. The molecule has 4 heteroatoms. The molecule has 27 heavy (non-hydrogen) atoms. The minimum absolute atomic E-state index is 0.0753. The Morgan fingerprint density at radius 2 is 1.85 bits per heavy atom. The molecule has 1 aliphatic heterocycles. The molecule has 0 radical (unpaired) electrons. The molecule has 1 N–H and O–H groups in total. The second kappa shape index (κ2) is 8.57. The fourth-order valence-electron chi connectivity index (χ4n) is 3.60. The monoisotopic (exact) mass is 367 g/mol. The highest BCUT2D eigenvalue weighted by molar-refractivity contribution is 5.80. The van der Waals surface area contributed by atoms with Gasteiger partial charge in [0, 0.05) is 25.2 Å². The van der Waals surface area contributed by atoms with Crippen LogP contribution in [-0.2, 0) is 14.9 Å². The van der Waals surface area contributed by atoms with Gasteiger partial charge in [-0.2, -0.15) is 0 Å². The third-order valence-electron chi connectivity index (χ3n) is 5.45. The Bertz CT molecular complexity index is 766. The first-order valence-corrected chi connectivity index (χ1v) is 9.65. The SMILES string of the molecule is Cc1ccc(C)c(O[C@H](C)C(=O)NCC2(c3ccccc3)CCOCC2)c1. The smallest absolute Gasteiger partial charge is 0.260 e. The fraction of sp³-hybridized carbons (Fsp3) is 0.435. The van der Waals surface area contributed by atoms with Gasteiger partial charge >= 0.3 is 0 Å². The predicted octanol–water partition coefficient (Wildman–Crippen LogP) is 3.94. The molecule has 144 valence electrons. The van der Waals surface area contributed by atoms with Crippen molar-refractivity contribution in [3.05, 3.63) is 65.2 Å². The van der Waals surface area contributed by atoms with Crippen LogP contribution in [0.5, 0.6) is 5.75 Å². The van der Waals surface area contributed by atoms with Gasteiger partial charge in [0.15, 0.2) is 6.10 Å². The number of nitrogens with one attached hydrogen (secondary N) is 1. The van der Waals surface area contributed by atoms with Gasteiger partial charge in [-0.05, 0) is 56.4 Å². The topological polar surface area (TPSA) is 47.6 Å². The van der Waals surface area contributed by atoms with Gasteiger partial charge in [0.05, 0.1) is 0 Å². The van der Waals surface area contributed by atoms with Gasteiger partial charge in [-0.25, -0.2) is 0 Å². The van der Waals surface area contributed by atoms with E-state index in [4.69, 9.17) is 9.47 Å². The molecular weight excluding hydrogens is 338 g/mol. The van der Waals surface area contributed by atoms with Crippen LogP contribution >= 0.6 is 0 Å². The van der Waals surface area contributed by atoms with E-state index in [9.17, 15) is 4.79 Å². The van der Waals surface area contributed by atoms with E-state index in [0.717, 1.165) is 42.9 Å².